The van der Waals surface area contributed by atoms with E-state index in [0.29, 0.717) is 23.4 Å². The Labute approximate surface area is 121 Å². The van der Waals surface area contributed by atoms with E-state index in [4.69, 9.17) is 5.73 Å². The number of ketones is 1. The highest BCUT2D eigenvalue weighted by Gasteiger charge is 2.44. The third kappa shape index (κ3) is 1.88. The number of carbonyl (C=O) groups excluding carboxylic acids is 1. The van der Waals surface area contributed by atoms with E-state index in [2.05, 4.69) is 0 Å². The minimum atomic E-state index is -1.54. The van der Waals surface area contributed by atoms with Crippen molar-refractivity contribution in [1.82, 2.24) is 0 Å². The number of nitrogens with two attached hydrogens (primary N) is 1. The maximum atomic E-state index is 12.7. The van der Waals surface area contributed by atoms with Gasteiger partial charge in [0.2, 0.25) is 10.7 Å². The highest BCUT2D eigenvalue weighted by atomic mass is 32.2. The number of rotatable bonds is 3. The van der Waals surface area contributed by atoms with Crippen LogP contribution in [0.5, 0.6) is 0 Å². The highest BCUT2D eigenvalue weighted by molar-refractivity contribution is 8.00. The van der Waals surface area contributed by atoms with Gasteiger partial charge in [-0.15, -0.1) is 11.8 Å². The summed E-state index contributed by atoms with van der Waals surface area (Å²) in [6, 6.07) is 14.9. The molecule has 0 spiro atoms. The van der Waals surface area contributed by atoms with Gasteiger partial charge in [-0.3, -0.25) is 4.79 Å². The van der Waals surface area contributed by atoms with E-state index in [1.165, 1.54) is 11.8 Å². The maximum absolute atomic E-state index is 12.7. The van der Waals surface area contributed by atoms with Crippen molar-refractivity contribution in [2.75, 3.05) is 12.3 Å². The molecule has 0 radical (unpaired) electrons. The lowest BCUT2D eigenvalue weighted by atomic mass is 9.82. The fourth-order valence-corrected chi connectivity index (χ4v) is 3.57. The van der Waals surface area contributed by atoms with Crippen molar-refractivity contribution in [3.8, 4) is 11.1 Å². The van der Waals surface area contributed by atoms with Crippen LogP contribution in [0.1, 0.15) is 15.9 Å². The lowest BCUT2D eigenvalue weighted by Gasteiger charge is -2.33. The molecule has 1 aliphatic carbocycles. The van der Waals surface area contributed by atoms with Crippen LogP contribution in [0.15, 0.2) is 48.5 Å². The van der Waals surface area contributed by atoms with Crippen molar-refractivity contribution in [3.05, 3.63) is 59.7 Å². The molecule has 1 aliphatic rings. The predicted octanol–water partition coefficient (Wildman–Crippen LogP) is 2.39. The molecule has 3 N–H and O–H groups in total. The Kier molecular flexibility index (Phi) is 3.38. The van der Waals surface area contributed by atoms with Gasteiger partial charge >= 0.3 is 0 Å². The first-order valence-electron chi connectivity index (χ1n) is 6.48. The quantitative estimate of drug-likeness (QED) is 0.850. The number of carbonyl (C=O) groups is 1. The average molecular weight is 285 g/mol. The molecular weight excluding hydrogens is 270 g/mol. The van der Waals surface area contributed by atoms with Crippen LogP contribution in [-0.4, -0.2) is 23.2 Å². The number of fused-ring (bicyclic) bond motifs is 3. The molecule has 0 saturated heterocycles. The lowest BCUT2D eigenvalue weighted by molar-refractivity contribution is 0.0655. The standard InChI is InChI=1S/C16H15NO2S/c17-9-10-20-16(19)14-8-4-3-6-12(14)11-5-1-2-7-13(11)15(16)18/h1-8,19H,9-10,17H2/t16-/m1/s1. The third-order valence-electron chi connectivity index (χ3n) is 3.49. The fourth-order valence-electron chi connectivity index (χ4n) is 2.58. The Morgan fingerprint density at radius 3 is 2.30 bits per heavy atom. The van der Waals surface area contributed by atoms with Gasteiger partial charge in [0, 0.05) is 23.4 Å². The monoisotopic (exact) mass is 285 g/mol. The smallest absolute Gasteiger partial charge is 0.210 e. The number of hydrogen-bond donors (Lipinski definition) is 2. The van der Waals surface area contributed by atoms with E-state index in [1.54, 1.807) is 6.07 Å². The second-order valence-corrected chi connectivity index (χ2v) is 5.99. The number of hydrogen-bond acceptors (Lipinski definition) is 4. The van der Waals surface area contributed by atoms with E-state index in [-0.39, 0.29) is 5.78 Å². The molecule has 3 nitrogen and oxygen atoms in total. The maximum Gasteiger partial charge on any atom is 0.210 e. The number of aliphatic hydroxyl groups is 1. The van der Waals surface area contributed by atoms with E-state index in [1.807, 2.05) is 42.5 Å². The molecule has 0 amide bonds. The Morgan fingerprint density at radius 2 is 1.60 bits per heavy atom. The minimum Gasteiger partial charge on any atom is -0.368 e. The second-order valence-electron chi connectivity index (χ2n) is 4.70. The van der Waals surface area contributed by atoms with Crippen molar-refractivity contribution in [2.24, 2.45) is 5.73 Å². The SMILES string of the molecule is NCCS[C@@]1(O)C(=O)c2ccccc2-c2ccccc21. The van der Waals surface area contributed by atoms with Crippen LogP contribution in [0.3, 0.4) is 0 Å². The predicted molar refractivity (Wildman–Crippen MR) is 81.6 cm³/mol. The van der Waals surface area contributed by atoms with Crippen molar-refractivity contribution in [2.45, 2.75) is 4.93 Å². The van der Waals surface area contributed by atoms with Crippen molar-refractivity contribution in [1.29, 1.82) is 0 Å². The van der Waals surface area contributed by atoms with Gasteiger partial charge in [-0.1, -0.05) is 48.5 Å². The number of thioether (sulfide) groups is 1. The van der Waals surface area contributed by atoms with E-state index < -0.39 is 4.93 Å². The molecule has 1 atom stereocenters. The molecule has 0 fully saturated rings. The molecule has 3 rings (SSSR count). The molecule has 2 aromatic carbocycles. The van der Waals surface area contributed by atoms with Gasteiger partial charge in [0.1, 0.15) is 0 Å². The molecule has 0 heterocycles. The molecule has 20 heavy (non-hydrogen) atoms. The topological polar surface area (TPSA) is 63.3 Å². The largest absolute Gasteiger partial charge is 0.368 e. The Morgan fingerprint density at radius 1 is 1.00 bits per heavy atom. The van der Waals surface area contributed by atoms with Crippen molar-refractivity contribution in [3.63, 3.8) is 0 Å². The number of Topliss-reactive ketones (excluding diaryl/α,β-unsaturated/α-hetero) is 1. The van der Waals surface area contributed by atoms with Crippen LogP contribution in [-0.2, 0) is 4.93 Å². The Bertz CT molecular complexity index is 671. The first-order valence-corrected chi connectivity index (χ1v) is 7.47. The van der Waals surface area contributed by atoms with Crippen LogP contribution >= 0.6 is 11.8 Å². The summed E-state index contributed by atoms with van der Waals surface area (Å²) >= 11 is 1.20. The van der Waals surface area contributed by atoms with Crippen LogP contribution in [0, 0.1) is 0 Å². The van der Waals surface area contributed by atoms with Gasteiger partial charge in [0.15, 0.2) is 0 Å². The minimum absolute atomic E-state index is 0.259. The molecule has 4 heteroatoms. The molecule has 0 saturated carbocycles. The lowest BCUT2D eigenvalue weighted by Crippen LogP contribution is -2.37. The van der Waals surface area contributed by atoms with Gasteiger partial charge < -0.3 is 10.8 Å². The van der Waals surface area contributed by atoms with Gasteiger partial charge in [-0.05, 0) is 11.1 Å². The van der Waals surface area contributed by atoms with E-state index in [9.17, 15) is 9.90 Å². The molecule has 0 unspecified atom stereocenters. The summed E-state index contributed by atoms with van der Waals surface area (Å²) in [5.41, 5.74) is 8.54. The summed E-state index contributed by atoms with van der Waals surface area (Å²) in [4.78, 5) is 11.2. The van der Waals surface area contributed by atoms with Crippen molar-refractivity contribution < 1.29 is 9.90 Å². The Balaban J connectivity index is 2.23. The molecule has 102 valence electrons. The molecule has 0 aliphatic heterocycles. The van der Waals surface area contributed by atoms with Crippen LogP contribution in [0.4, 0.5) is 0 Å². The van der Waals surface area contributed by atoms with Gasteiger partial charge in [-0.2, -0.15) is 0 Å². The zero-order valence-electron chi connectivity index (χ0n) is 10.9. The molecular formula is C16H15NO2S. The number of benzene rings is 2. The first kappa shape index (κ1) is 13.4. The second kappa shape index (κ2) is 5.05. The van der Waals surface area contributed by atoms with Crippen LogP contribution < -0.4 is 5.73 Å². The Hall–Kier alpha value is -1.62. The normalized spacial score (nSPS) is 20.4. The summed E-state index contributed by atoms with van der Waals surface area (Å²) in [6.45, 7) is 0.421. The summed E-state index contributed by atoms with van der Waals surface area (Å²) in [7, 11) is 0. The van der Waals surface area contributed by atoms with E-state index in [0.717, 1.165) is 11.1 Å². The molecule has 0 bridgehead atoms. The van der Waals surface area contributed by atoms with Gasteiger partial charge in [0.05, 0.1) is 0 Å². The molecule has 2 aromatic rings. The summed E-state index contributed by atoms with van der Waals surface area (Å²) < 4.78 is 0. The third-order valence-corrected chi connectivity index (χ3v) is 4.75. The first-order chi connectivity index (χ1) is 9.68. The van der Waals surface area contributed by atoms with Gasteiger partial charge in [0.25, 0.3) is 0 Å². The zero-order valence-corrected chi connectivity index (χ0v) is 11.7. The molecule has 0 aromatic heterocycles. The van der Waals surface area contributed by atoms with Crippen LogP contribution in [0.2, 0.25) is 0 Å². The fraction of sp³-hybridized carbons (Fsp3) is 0.188. The summed E-state index contributed by atoms with van der Waals surface area (Å²) in [5, 5.41) is 10.9. The van der Waals surface area contributed by atoms with Crippen molar-refractivity contribution >= 4 is 17.5 Å². The summed E-state index contributed by atoms with van der Waals surface area (Å²) in [6.07, 6.45) is 0. The van der Waals surface area contributed by atoms with Gasteiger partial charge in [-0.25, -0.2) is 0 Å². The zero-order chi connectivity index (χ0) is 14.2. The summed E-state index contributed by atoms with van der Waals surface area (Å²) in [5.74, 6) is 0.268. The van der Waals surface area contributed by atoms with Crippen LogP contribution in [0.25, 0.3) is 11.1 Å². The average Bonchev–Trinajstić information content (AvgIpc) is 2.51. The van der Waals surface area contributed by atoms with E-state index >= 15 is 0 Å². The highest BCUT2D eigenvalue weighted by Crippen LogP contribution is 2.47.